The molecule has 1 aliphatic rings. The lowest BCUT2D eigenvalue weighted by molar-refractivity contribution is -0.137. The fraction of sp³-hybridized carbons (Fsp3) is 0.583. The van der Waals surface area contributed by atoms with Crippen LogP contribution in [0.1, 0.15) is 19.4 Å². The molecule has 7 heteroatoms. The lowest BCUT2D eigenvalue weighted by atomic mass is 10.1. The molecule has 0 bridgehead atoms. The van der Waals surface area contributed by atoms with Gasteiger partial charge in [-0.1, -0.05) is 0 Å². The van der Waals surface area contributed by atoms with Crippen LogP contribution in [0.25, 0.3) is 0 Å². The molecule has 1 saturated heterocycles. The average molecular weight is 275 g/mol. The number of anilines is 2. The van der Waals surface area contributed by atoms with E-state index in [-0.39, 0.29) is 11.6 Å². The number of aromatic nitrogens is 1. The molecule has 1 aromatic heterocycles. The van der Waals surface area contributed by atoms with Crippen LogP contribution < -0.4 is 10.6 Å². The molecule has 0 aliphatic carbocycles. The quantitative estimate of drug-likeness (QED) is 0.854. The van der Waals surface area contributed by atoms with Crippen LogP contribution in [0.2, 0.25) is 0 Å². The van der Waals surface area contributed by atoms with E-state index in [1.165, 1.54) is 0 Å². The summed E-state index contributed by atoms with van der Waals surface area (Å²) in [6, 6.07) is 1.87. The monoisotopic (exact) mass is 275 g/mol. The lowest BCUT2D eigenvalue weighted by Crippen LogP contribution is -2.48. The van der Waals surface area contributed by atoms with Crippen molar-refractivity contribution in [1.29, 1.82) is 0 Å². The molecule has 0 saturated carbocycles. The van der Waals surface area contributed by atoms with E-state index in [4.69, 9.17) is 10.5 Å². The first-order valence-corrected chi connectivity index (χ1v) is 5.91. The van der Waals surface area contributed by atoms with Crippen molar-refractivity contribution in [3.8, 4) is 0 Å². The number of morpholine rings is 1. The summed E-state index contributed by atoms with van der Waals surface area (Å²) in [7, 11) is 0. The minimum absolute atomic E-state index is 0.130. The highest BCUT2D eigenvalue weighted by atomic mass is 19.4. The lowest BCUT2D eigenvalue weighted by Gasteiger charge is -2.39. The summed E-state index contributed by atoms with van der Waals surface area (Å²) in [5.74, 6) is 0.109. The maximum absolute atomic E-state index is 12.7. The Morgan fingerprint density at radius 1 is 1.37 bits per heavy atom. The van der Waals surface area contributed by atoms with Gasteiger partial charge in [-0.25, -0.2) is 4.98 Å². The largest absolute Gasteiger partial charge is 0.416 e. The second kappa shape index (κ2) is 4.56. The smallest absolute Gasteiger partial charge is 0.384 e. The molecule has 0 amide bonds. The van der Waals surface area contributed by atoms with Gasteiger partial charge in [-0.15, -0.1) is 0 Å². The Morgan fingerprint density at radius 3 is 2.63 bits per heavy atom. The van der Waals surface area contributed by atoms with Crippen molar-refractivity contribution < 1.29 is 17.9 Å². The van der Waals surface area contributed by atoms with E-state index >= 15 is 0 Å². The Balaban J connectivity index is 2.32. The summed E-state index contributed by atoms with van der Waals surface area (Å²) in [5.41, 5.74) is 4.27. The molecule has 106 valence electrons. The van der Waals surface area contributed by atoms with Gasteiger partial charge in [-0.05, 0) is 26.0 Å². The standard InChI is InChI=1S/C12H16F3N3O/c1-11(2)7-18(3-4-19-11)10-6-8(12(13,14)15)5-9(16)17-10/h5-6H,3-4,7H2,1-2H3,(H2,16,17). The molecular weight excluding hydrogens is 259 g/mol. The summed E-state index contributed by atoms with van der Waals surface area (Å²) in [5, 5.41) is 0. The predicted octanol–water partition coefficient (Wildman–Crippen LogP) is 2.30. The second-order valence-electron chi connectivity index (χ2n) is 5.17. The van der Waals surface area contributed by atoms with E-state index in [0.717, 1.165) is 12.1 Å². The number of nitrogens with two attached hydrogens (primary N) is 1. The number of nitrogen functional groups attached to an aromatic ring is 1. The van der Waals surface area contributed by atoms with Gasteiger partial charge in [0, 0.05) is 13.1 Å². The molecule has 0 atom stereocenters. The molecule has 2 heterocycles. The van der Waals surface area contributed by atoms with Gasteiger partial charge in [0.25, 0.3) is 0 Å². The van der Waals surface area contributed by atoms with Crippen molar-refractivity contribution in [2.24, 2.45) is 0 Å². The number of halogens is 3. The highest BCUT2D eigenvalue weighted by Crippen LogP contribution is 2.33. The van der Waals surface area contributed by atoms with Crippen LogP contribution in [0.4, 0.5) is 24.8 Å². The number of pyridine rings is 1. The van der Waals surface area contributed by atoms with Gasteiger partial charge in [0.15, 0.2) is 0 Å². The summed E-state index contributed by atoms with van der Waals surface area (Å²) < 4.78 is 43.7. The third-order valence-electron chi connectivity index (χ3n) is 2.91. The van der Waals surface area contributed by atoms with Gasteiger partial charge in [-0.3, -0.25) is 0 Å². The summed E-state index contributed by atoms with van der Waals surface area (Å²) in [6.07, 6.45) is -4.42. The normalized spacial score (nSPS) is 19.5. The van der Waals surface area contributed by atoms with Crippen molar-refractivity contribution in [1.82, 2.24) is 4.98 Å². The van der Waals surface area contributed by atoms with Crippen LogP contribution in [-0.2, 0) is 10.9 Å². The zero-order chi connectivity index (χ0) is 14.3. The molecule has 0 aromatic carbocycles. The van der Waals surface area contributed by atoms with Crippen LogP contribution in [0.15, 0.2) is 12.1 Å². The van der Waals surface area contributed by atoms with E-state index in [0.29, 0.717) is 19.7 Å². The fourth-order valence-electron chi connectivity index (χ4n) is 2.07. The van der Waals surface area contributed by atoms with Gasteiger partial charge in [-0.2, -0.15) is 13.2 Å². The number of hydrogen-bond donors (Lipinski definition) is 1. The molecule has 2 rings (SSSR count). The first-order valence-electron chi connectivity index (χ1n) is 5.91. The zero-order valence-corrected chi connectivity index (χ0v) is 10.8. The van der Waals surface area contributed by atoms with Gasteiger partial charge in [0.2, 0.25) is 0 Å². The van der Waals surface area contributed by atoms with Gasteiger partial charge in [0.05, 0.1) is 17.8 Å². The average Bonchev–Trinajstić information content (AvgIpc) is 2.25. The molecule has 1 aliphatic heterocycles. The van der Waals surface area contributed by atoms with Crippen LogP contribution in [0.5, 0.6) is 0 Å². The van der Waals surface area contributed by atoms with E-state index < -0.39 is 17.3 Å². The first kappa shape index (κ1) is 13.9. The van der Waals surface area contributed by atoms with Gasteiger partial charge in [0.1, 0.15) is 11.6 Å². The molecule has 0 spiro atoms. The minimum atomic E-state index is -4.42. The van der Waals surface area contributed by atoms with Crippen molar-refractivity contribution in [2.45, 2.75) is 25.6 Å². The number of nitrogens with zero attached hydrogens (tertiary/aromatic N) is 2. The minimum Gasteiger partial charge on any atom is -0.384 e. The molecule has 1 fully saturated rings. The van der Waals surface area contributed by atoms with E-state index in [9.17, 15) is 13.2 Å². The third kappa shape index (κ3) is 3.28. The topological polar surface area (TPSA) is 51.4 Å². The van der Waals surface area contributed by atoms with Crippen LogP contribution >= 0.6 is 0 Å². The maximum Gasteiger partial charge on any atom is 0.416 e. The van der Waals surface area contributed by atoms with Crippen molar-refractivity contribution in [2.75, 3.05) is 30.3 Å². The molecule has 1 aromatic rings. The number of ether oxygens (including phenoxy) is 1. The predicted molar refractivity (Wildman–Crippen MR) is 65.9 cm³/mol. The van der Waals surface area contributed by atoms with Crippen molar-refractivity contribution in [3.63, 3.8) is 0 Å². The van der Waals surface area contributed by atoms with Crippen LogP contribution in [0.3, 0.4) is 0 Å². The molecule has 2 N–H and O–H groups in total. The Hall–Kier alpha value is -1.50. The third-order valence-corrected chi connectivity index (χ3v) is 2.91. The zero-order valence-electron chi connectivity index (χ0n) is 10.8. The maximum atomic E-state index is 12.7. The van der Waals surface area contributed by atoms with Crippen LogP contribution in [0, 0.1) is 0 Å². The van der Waals surface area contributed by atoms with Gasteiger partial charge >= 0.3 is 6.18 Å². The Labute approximate surface area is 109 Å². The number of hydrogen-bond acceptors (Lipinski definition) is 4. The number of alkyl halides is 3. The first-order chi connectivity index (χ1) is 8.67. The molecule has 19 heavy (non-hydrogen) atoms. The number of rotatable bonds is 1. The Bertz CT molecular complexity index is 474. The summed E-state index contributed by atoms with van der Waals surface area (Å²) in [6.45, 7) is 5.19. The summed E-state index contributed by atoms with van der Waals surface area (Å²) >= 11 is 0. The Kier molecular flexibility index (Phi) is 3.34. The second-order valence-corrected chi connectivity index (χ2v) is 5.17. The van der Waals surface area contributed by atoms with Crippen LogP contribution in [-0.4, -0.2) is 30.3 Å². The SMILES string of the molecule is CC1(C)CN(c2cc(C(F)(F)F)cc(N)n2)CCO1. The van der Waals surface area contributed by atoms with E-state index in [1.54, 1.807) is 4.90 Å². The molecule has 4 nitrogen and oxygen atoms in total. The molecule has 0 unspecified atom stereocenters. The summed E-state index contributed by atoms with van der Waals surface area (Å²) in [4.78, 5) is 5.74. The molecular formula is C12H16F3N3O. The highest BCUT2D eigenvalue weighted by molar-refractivity contribution is 5.49. The van der Waals surface area contributed by atoms with E-state index in [1.807, 2.05) is 13.8 Å². The molecule has 0 radical (unpaired) electrons. The van der Waals surface area contributed by atoms with Crippen molar-refractivity contribution in [3.05, 3.63) is 17.7 Å². The highest BCUT2D eigenvalue weighted by Gasteiger charge is 2.33. The van der Waals surface area contributed by atoms with Gasteiger partial charge < -0.3 is 15.4 Å². The Morgan fingerprint density at radius 2 is 2.05 bits per heavy atom. The van der Waals surface area contributed by atoms with E-state index in [2.05, 4.69) is 4.98 Å². The fourth-order valence-corrected chi connectivity index (χ4v) is 2.07. The van der Waals surface area contributed by atoms with Crippen molar-refractivity contribution >= 4 is 11.6 Å².